The smallest absolute Gasteiger partial charge is 0.239 e. The van der Waals surface area contributed by atoms with Crippen LogP contribution in [0.1, 0.15) is 25.3 Å². The van der Waals surface area contributed by atoms with Crippen molar-refractivity contribution in [1.82, 2.24) is 9.80 Å². The van der Waals surface area contributed by atoms with Crippen LogP contribution in [0.25, 0.3) is 0 Å². The van der Waals surface area contributed by atoms with E-state index in [1.54, 1.807) is 0 Å². The molecule has 23 heavy (non-hydrogen) atoms. The van der Waals surface area contributed by atoms with Gasteiger partial charge in [-0.05, 0) is 37.9 Å². The molecule has 1 aromatic rings. The Morgan fingerprint density at radius 2 is 2.00 bits per heavy atom. The van der Waals surface area contributed by atoms with Crippen molar-refractivity contribution >= 4 is 30.7 Å². The van der Waals surface area contributed by atoms with Crippen LogP contribution < -0.4 is 5.73 Å². The van der Waals surface area contributed by atoms with Crippen LogP contribution in [0.15, 0.2) is 30.3 Å². The summed E-state index contributed by atoms with van der Waals surface area (Å²) in [6.45, 7) is 5.18. The first kappa shape index (κ1) is 22.2. The maximum atomic E-state index is 12.4. The number of nitrogens with two attached hydrogens (primary N) is 1. The Morgan fingerprint density at radius 3 is 2.61 bits per heavy atom. The molecule has 1 aromatic carbocycles. The molecule has 1 amide bonds. The van der Waals surface area contributed by atoms with E-state index in [2.05, 4.69) is 11.8 Å². The van der Waals surface area contributed by atoms with Crippen molar-refractivity contribution in [2.75, 3.05) is 26.7 Å². The number of benzene rings is 1. The molecule has 0 radical (unpaired) electrons. The van der Waals surface area contributed by atoms with Gasteiger partial charge >= 0.3 is 0 Å². The predicted octanol–water partition coefficient (Wildman–Crippen LogP) is 2.34. The molecule has 1 aliphatic rings. The Hall–Kier alpha value is -0.810. The third kappa shape index (κ3) is 6.30. The van der Waals surface area contributed by atoms with Crippen molar-refractivity contribution in [2.45, 2.75) is 38.3 Å². The van der Waals surface area contributed by atoms with Crippen LogP contribution in [-0.4, -0.2) is 54.5 Å². The van der Waals surface area contributed by atoms with Gasteiger partial charge in [-0.1, -0.05) is 37.3 Å². The van der Waals surface area contributed by atoms with Crippen molar-refractivity contribution in [1.29, 1.82) is 0 Å². The predicted molar refractivity (Wildman–Crippen MR) is 101 cm³/mol. The summed E-state index contributed by atoms with van der Waals surface area (Å²) in [5, 5.41) is 0. The molecule has 4 nitrogen and oxygen atoms in total. The molecule has 1 unspecified atom stereocenters. The molecule has 1 heterocycles. The highest BCUT2D eigenvalue weighted by Crippen LogP contribution is 2.17. The summed E-state index contributed by atoms with van der Waals surface area (Å²) >= 11 is 0. The molecule has 0 aromatic heterocycles. The van der Waals surface area contributed by atoms with Gasteiger partial charge < -0.3 is 10.6 Å². The van der Waals surface area contributed by atoms with Gasteiger partial charge in [-0.2, -0.15) is 0 Å². The van der Waals surface area contributed by atoms with E-state index in [1.807, 2.05) is 42.3 Å². The van der Waals surface area contributed by atoms with Crippen LogP contribution in [0, 0.1) is 0 Å². The zero-order valence-corrected chi connectivity index (χ0v) is 15.6. The first-order valence-corrected chi connectivity index (χ1v) is 7.90. The summed E-state index contributed by atoms with van der Waals surface area (Å²) in [4.78, 5) is 16.7. The fourth-order valence-corrected chi connectivity index (χ4v) is 3.16. The Labute approximate surface area is 152 Å². The topological polar surface area (TPSA) is 49.6 Å². The molecule has 1 saturated heterocycles. The number of carbonyl (C=O) groups is 1. The maximum Gasteiger partial charge on any atom is 0.239 e. The van der Waals surface area contributed by atoms with E-state index >= 15 is 0 Å². The molecule has 0 saturated carbocycles. The van der Waals surface area contributed by atoms with Crippen molar-refractivity contribution in [3.05, 3.63) is 35.9 Å². The van der Waals surface area contributed by atoms with E-state index < -0.39 is 6.04 Å². The van der Waals surface area contributed by atoms with Gasteiger partial charge in [-0.15, -0.1) is 24.8 Å². The number of halogens is 2. The van der Waals surface area contributed by atoms with Crippen LogP contribution >= 0.6 is 24.8 Å². The summed E-state index contributed by atoms with van der Waals surface area (Å²) in [5.41, 5.74) is 7.20. The Bertz CT molecular complexity index is 458. The molecule has 0 bridgehead atoms. The minimum absolute atomic E-state index is 0. The largest absolute Gasteiger partial charge is 0.343 e. The van der Waals surface area contributed by atoms with E-state index in [9.17, 15) is 4.79 Å². The molecule has 0 aliphatic carbocycles. The van der Waals surface area contributed by atoms with Crippen molar-refractivity contribution in [2.24, 2.45) is 5.73 Å². The fourth-order valence-electron chi connectivity index (χ4n) is 3.16. The molecular formula is C17H29Cl2N3O. The highest BCUT2D eigenvalue weighted by atomic mass is 35.5. The molecule has 132 valence electrons. The van der Waals surface area contributed by atoms with Gasteiger partial charge in [0.25, 0.3) is 0 Å². The lowest BCUT2D eigenvalue weighted by molar-refractivity contribution is -0.131. The summed E-state index contributed by atoms with van der Waals surface area (Å²) < 4.78 is 0. The number of hydrogen-bond donors (Lipinski definition) is 1. The summed E-state index contributed by atoms with van der Waals surface area (Å²) in [5.74, 6) is 0.0433. The van der Waals surface area contributed by atoms with Crippen LogP contribution in [0.2, 0.25) is 0 Å². The van der Waals surface area contributed by atoms with Gasteiger partial charge in [0.1, 0.15) is 0 Å². The fraction of sp³-hybridized carbons (Fsp3) is 0.588. The molecule has 6 heteroatoms. The highest BCUT2D eigenvalue weighted by Gasteiger charge is 2.27. The van der Waals surface area contributed by atoms with Gasteiger partial charge in [0, 0.05) is 19.6 Å². The lowest BCUT2D eigenvalue weighted by Crippen LogP contribution is -2.47. The third-order valence-corrected chi connectivity index (χ3v) is 4.38. The second-order valence-electron chi connectivity index (χ2n) is 5.94. The normalized spacial score (nSPS) is 18.7. The zero-order valence-electron chi connectivity index (χ0n) is 14.0. The van der Waals surface area contributed by atoms with Crippen LogP contribution in [-0.2, 0) is 11.2 Å². The van der Waals surface area contributed by atoms with E-state index in [4.69, 9.17) is 5.73 Å². The minimum Gasteiger partial charge on any atom is -0.343 e. The standard InChI is InChI=1S/C17H27N3O.2ClH/c1-3-20-11-7-10-15(20)13-19(2)17(21)16(18)12-14-8-5-4-6-9-14;;/h4-6,8-9,15-16H,3,7,10-13,18H2,1-2H3;2*1H/t15?,16-;;/m0../s1. The number of amides is 1. The van der Waals surface area contributed by atoms with Gasteiger partial charge in [0.05, 0.1) is 6.04 Å². The highest BCUT2D eigenvalue weighted by molar-refractivity contribution is 5.85. The first-order chi connectivity index (χ1) is 10.1. The van der Waals surface area contributed by atoms with E-state index in [1.165, 1.54) is 12.8 Å². The number of likely N-dealkylation sites (N-methyl/N-ethyl adjacent to an activating group) is 2. The summed E-state index contributed by atoms with van der Waals surface area (Å²) in [6, 6.07) is 10.0. The van der Waals surface area contributed by atoms with Crippen LogP contribution in [0.4, 0.5) is 0 Å². The first-order valence-electron chi connectivity index (χ1n) is 7.90. The summed E-state index contributed by atoms with van der Waals surface area (Å²) in [6.07, 6.45) is 3.02. The SMILES string of the molecule is CCN1CCCC1CN(C)C(=O)[C@@H](N)Cc1ccccc1.Cl.Cl. The molecular weight excluding hydrogens is 333 g/mol. The Morgan fingerprint density at radius 1 is 1.35 bits per heavy atom. The van der Waals surface area contributed by atoms with Gasteiger partial charge in [-0.25, -0.2) is 0 Å². The molecule has 1 fully saturated rings. The zero-order chi connectivity index (χ0) is 15.2. The molecule has 0 spiro atoms. The Balaban J connectivity index is 0.00000242. The minimum atomic E-state index is -0.450. The van der Waals surface area contributed by atoms with Gasteiger partial charge in [0.15, 0.2) is 0 Å². The van der Waals surface area contributed by atoms with Crippen LogP contribution in [0.5, 0.6) is 0 Å². The molecule has 2 N–H and O–H groups in total. The monoisotopic (exact) mass is 361 g/mol. The van der Waals surface area contributed by atoms with E-state index in [0.717, 1.165) is 25.2 Å². The molecule has 2 atom stereocenters. The molecule has 1 aliphatic heterocycles. The van der Waals surface area contributed by atoms with Gasteiger partial charge in [-0.3, -0.25) is 9.69 Å². The number of hydrogen-bond acceptors (Lipinski definition) is 3. The van der Waals surface area contributed by atoms with Crippen molar-refractivity contribution < 1.29 is 4.79 Å². The number of carbonyl (C=O) groups excluding carboxylic acids is 1. The average molecular weight is 362 g/mol. The second kappa shape index (κ2) is 10.9. The number of likely N-dealkylation sites (tertiary alicyclic amines) is 1. The summed E-state index contributed by atoms with van der Waals surface area (Å²) in [7, 11) is 1.87. The quantitative estimate of drug-likeness (QED) is 0.845. The Kier molecular flexibility index (Phi) is 10.5. The van der Waals surface area contributed by atoms with E-state index in [0.29, 0.717) is 12.5 Å². The number of nitrogens with zero attached hydrogens (tertiary/aromatic N) is 2. The van der Waals surface area contributed by atoms with Gasteiger partial charge in [0.2, 0.25) is 5.91 Å². The third-order valence-electron chi connectivity index (χ3n) is 4.38. The average Bonchev–Trinajstić information content (AvgIpc) is 2.94. The van der Waals surface area contributed by atoms with Crippen LogP contribution in [0.3, 0.4) is 0 Å². The number of rotatable bonds is 6. The maximum absolute atomic E-state index is 12.4. The molecule has 2 rings (SSSR count). The second-order valence-corrected chi connectivity index (χ2v) is 5.94. The van der Waals surface area contributed by atoms with Crippen molar-refractivity contribution in [3.8, 4) is 0 Å². The van der Waals surface area contributed by atoms with E-state index in [-0.39, 0.29) is 30.7 Å². The lowest BCUT2D eigenvalue weighted by Gasteiger charge is -2.29. The lowest BCUT2D eigenvalue weighted by atomic mass is 10.1. The van der Waals surface area contributed by atoms with Crippen molar-refractivity contribution in [3.63, 3.8) is 0 Å².